The number of hydrogen-bond donors (Lipinski definition) is 0. The van der Waals surface area contributed by atoms with E-state index in [1.807, 2.05) is 6.07 Å². The molecule has 0 fully saturated rings. The maximum absolute atomic E-state index is 8.74. The average Bonchev–Trinajstić information content (AvgIpc) is 2.17. The molecule has 2 rings (SSSR count). The predicted molar refractivity (Wildman–Crippen MR) is 45.3 cm³/mol. The highest BCUT2D eigenvalue weighted by Crippen LogP contribution is 2.13. The number of fused-ring (bicyclic) bond motifs is 1. The third-order valence-corrected chi connectivity index (χ3v) is 1.71. The summed E-state index contributed by atoms with van der Waals surface area (Å²) in [6.45, 7) is 0. The molecule has 0 aliphatic heterocycles. The van der Waals surface area contributed by atoms with Gasteiger partial charge in [0.1, 0.15) is 0 Å². The van der Waals surface area contributed by atoms with Crippen molar-refractivity contribution in [1.82, 2.24) is 4.98 Å². The van der Waals surface area contributed by atoms with E-state index in [-0.39, 0.29) is 0 Å². The van der Waals surface area contributed by atoms with Crippen LogP contribution in [-0.4, -0.2) is 4.98 Å². The molecule has 12 heavy (non-hydrogen) atoms. The summed E-state index contributed by atoms with van der Waals surface area (Å²) < 4.78 is 0. The second-order valence-corrected chi connectivity index (χ2v) is 2.41. The van der Waals surface area contributed by atoms with Crippen LogP contribution in [0.2, 0.25) is 0 Å². The first kappa shape index (κ1) is 6.81. The fourth-order valence-electron chi connectivity index (χ4n) is 1.13. The third kappa shape index (κ3) is 0.923. The van der Waals surface area contributed by atoms with E-state index < -0.39 is 0 Å². The maximum Gasteiger partial charge on any atom is 0.0999 e. The Kier molecular flexibility index (Phi) is 1.49. The SMILES string of the molecule is N#Cc1ccnc2cc[c]cc12. The van der Waals surface area contributed by atoms with Crippen molar-refractivity contribution in [1.29, 1.82) is 5.26 Å². The molecule has 0 saturated carbocycles. The third-order valence-electron chi connectivity index (χ3n) is 1.71. The molecule has 55 valence electrons. The topological polar surface area (TPSA) is 36.7 Å². The minimum atomic E-state index is 0.650. The molecule has 0 saturated heterocycles. The van der Waals surface area contributed by atoms with Crippen molar-refractivity contribution in [3.63, 3.8) is 0 Å². The number of nitriles is 1. The van der Waals surface area contributed by atoms with Gasteiger partial charge in [0, 0.05) is 11.6 Å². The van der Waals surface area contributed by atoms with Gasteiger partial charge in [-0.2, -0.15) is 5.26 Å². The Hall–Kier alpha value is -1.88. The predicted octanol–water partition coefficient (Wildman–Crippen LogP) is 1.91. The molecule has 1 aromatic carbocycles. The minimum Gasteiger partial charge on any atom is -0.256 e. The van der Waals surface area contributed by atoms with E-state index in [9.17, 15) is 0 Å². The van der Waals surface area contributed by atoms with Crippen molar-refractivity contribution < 1.29 is 0 Å². The molecular weight excluding hydrogens is 148 g/mol. The fourth-order valence-corrected chi connectivity index (χ4v) is 1.13. The normalized spacial score (nSPS) is 9.58. The Bertz CT molecular complexity index is 449. The molecule has 0 amide bonds. The zero-order valence-corrected chi connectivity index (χ0v) is 6.28. The number of nitrogens with zero attached hydrogens (tertiary/aromatic N) is 2. The van der Waals surface area contributed by atoms with Gasteiger partial charge in [0.05, 0.1) is 17.1 Å². The van der Waals surface area contributed by atoms with Crippen LogP contribution in [0.25, 0.3) is 10.9 Å². The number of benzene rings is 1. The van der Waals surface area contributed by atoms with E-state index in [4.69, 9.17) is 5.26 Å². The van der Waals surface area contributed by atoms with Gasteiger partial charge < -0.3 is 0 Å². The lowest BCUT2D eigenvalue weighted by atomic mass is 10.1. The van der Waals surface area contributed by atoms with Gasteiger partial charge in [-0.3, -0.25) is 4.98 Å². The van der Waals surface area contributed by atoms with Crippen LogP contribution in [-0.2, 0) is 0 Å². The Morgan fingerprint density at radius 3 is 3.17 bits per heavy atom. The first-order valence-corrected chi connectivity index (χ1v) is 3.57. The van der Waals surface area contributed by atoms with Crippen LogP contribution < -0.4 is 0 Å². The Morgan fingerprint density at radius 1 is 1.42 bits per heavy atom. The standard InChI is InChI=1S/C10H5N2/c11-7-8-5-6-12-10-4-2-1-3-9(8)10/h2-6H. The van der Waals surface area contributed by atoms with Crippen LogP contribution in [0.1, 0.15) is 5.56 Å². The summed E-state index contributed by atoms with van der Waals surface area (Å²) in [7, 11) is 0. The molecule has 0 aliphatic carbocycles. The van der Waals surface area contributed by atoms with Gasteiger partial charge in [0.15, 0.2) is 0 Å². The van der Waals surface area contributed by atoms with Gasteiger partial charge in [0.2, 0.25) is 0 Å². The first-order valence-electron chi connectivity index (χ1n) is 3.57. The summed E-state index contributed by atoms with van der Waals surface area (Å²) in [4.78, 5) is 4.12. The highest BCUT2D eigenvalue weighted by molar-refractivity contribution is 5.83. The van der Waals surface area contributed by atoms with Gasteiger partial charge in [-0.1, -0.05) is 6.07 Å². The average molecular weight is 153 g/mol. The van der Waals surface area contributed by atoms with E-state index in [0.717, 1.165) is 10.9 Å². The maximum atomic E-state index is 8.74. The molecule has 2 heteroatoms. The zero-order valence-electron chi connectivity index (χ0n) is 6.28. The van der Waals surface area contributed by atoms with Gasteiger partial charge in [0.25, 0.3) is 0 Å². The van der Waals surface area contributed by atoms with Crippen LogP contribution in [0.3, 0.4) is 0 Å². The number of pyridine rings is 1. The van der Waals surface area contributed by atoms with E-state index >= 15 is 0 Å². The molecule has 2 aromatic rings. The smallest absolute Gasteiger partial charge is 0.0999 e. The number of aromatic nitrogens is 1. The van der Waals surface area contributed by atoms with Crippen LogP contribution in [0.4, 0.5) is 0 Å². The molecule has 1 aromatic heterocycles. The summed E-state index contributed by atoms with van der Waals surface area (Å²) in [5.74, 6) is 0. The highest BCUT2D eigenvalue weighted by Gasteiger charge is 1.97. The lowest BCUT2D eigenvalue weighted by molar-refractivity contribution is 1.39. The summed E-state index contributed by atoms with van der Waals surface area (Å²) in [5, 5.41) is 9.61. The van der Waals surface area contributed by atoms with E-state index in [0.29, 0.717) is 5.56 Å². The quantitative estimate of drug-likeness (QED) is 0.579. The summed E-state index contributed by atoms with van der Waals surface area (Å²) in [6, 6.07) is 12.1. The molecule has 0 unspecified atom stereocenters. The van der Waals surface area contributed by atoms with Crippen LogP contribution >= 0.6 is 0 Å². The lowest BCUT2D eigenvalue weighted by Crippen LogP contribution is -1.81. The lowest BCUT2D eigenvalue weighted by Gasteiger charge is -1.95. The molecule has 2 nitrogen and oxygen atoms in total. The highest BCUT2D eigenvalue weighted by atomic mass is 14.6. The zero-order chi connectivity index (χ0) is 8.39. The molecular formula is C10H5N2. The van der Waals surface area contributed by atoms with Gasteiger partial charge in [-0.05, 0) is 24.3 Å². The van der Waals surface area contributed by atoms with Crippen LogP contribution in [0, 0.1) is 17.4 Å². The minimum absolute atomic E-state index is 0.650. The largest absolute Gasteiger partial charge is 0.256 e. The summed E-state index contributed by atoms with van der Waals surface area (Å²) >= 11 is 0. The monoisotopic (exact) mass is 153 g/mol. The van der Waals surface area contributed by atoms with Crippen LogP contribution in [0.15, 0.2) is 30.5 Å². The van der Waals surface area contributed by atoms with Gasteiger partial charge in [-0.15, -0.1) is 0 Å². The van der Waals surface area contributed by atoms with Crippen LogP contribution in [0.5, 0.6) is 0 Å². The Labute approximate surface area is 70.1 Å². The summed E-state index contributed by atoms with van der Waals surface area (Å²) in [5.41, 5.74) is 1.49. The second kappa shape index (κ2) is 2.63. The fraction of sp³-hybridized carbons (Fsp3) is 0. The van der Waals surface area contributed by atoms with Gasteiger partial charge >= 0.3 is 0 Å². The Balaban J connectivity index is 2.91. The molecule has 0 spiro atoms. The van der Waals surface area contributed by atoms with Crippen molar-refractivity contribution in [2.45, 2.75) is 0 Å². The van der Waals surface area contributed by atoms with Crippen molar-refractivity contribution in [2.75, 3.05) is 0 Å². The first-order chi connectivity index (χ1) is 5.92. The number of hydrogen-bond acceptors (Lipinski definition) is 2. The Morgan fingerprint density at radius 2 is 2.33 bits per heavy atom. The van der Waals surface area contributed by atoms with Crippen molar-refractivity contribution in [2.24, 2.45) is 0 Å². The summed E-state index contributed by atoms with van der Waals surface area (Å²) in [6.07, 6.45) is 1.64. The number of rotatable bonds is 0. The van der Waals surface area contributed by atoms with Crippen molar-refractivity contribution >= 4 is 10.9 Å². The molecule has 1 radical (unpaired) electrons. The van der Waals surface area contributed by atoms with E-state index in [1.54, 1.807) is 24.4 Å². The molecule has 0 atom stereocenters. The van der Waals surface area contributed by atoms with E-state index in [1.165, 1.54) is 0 Å². The molecule has 0 bridgehead atoms. The van der Waals surface area contributed by atoms with Crippen molar-refractivity contribution in [3.8, 4) is 6.07 Å². The molecule has 0 N–H and O–H groups in total. The second-order valence-electron chi connectivity index (χ2n) is 2.41. The van der Waals surface area contributed by atoms with Crippen molar-refractivity contribution in [3.05, 3.63) is 42.1 Å². The molecule has 0 aliphatic rings. The molecule has 1 heterocycles. The van der Waals surface area contributed by atoms with Gasteiger partial charge in [-0.25, -0.2) is 0 Å². The van der Waals surface area contributed by atoms with E-state index in [2.05, 4.69) is 17.1 Å².